The summed E-state index contributed by atoms with van der Waals surface area (Å²) in [6, 6.07) is 10.0. The van der Waals surface area contributed by atoms with E-state index in [-0.39, 0.29) is 0 Å². The Morgan fingerprint density at radius 2 is 2.04 bits per heavy atom. The standard InChI is InChI=1S/C18H19N3OS/c1-19-15-4-6-16(7-5-15)21(2)20-17(12-22)13-3-8-18-14(11-13)9-10-23-18/h4-7,9-12,19H,3,8H2,1-2H3/b20-17-. The van der Waals surface area contributed by atoms with Gasteiger partial charge in [0.1, 0.15) is 5.71 Å². The summed E-state index contributed by atoms with van der Waals surface area (Å²) >= 11 is 1.77. The Balaban J connectivity index is 1.85. The van der Waals surface area contributed by atoms with Crippen LogP contribution in [0.4, 0.5) is 11.4 Å². The number of hydrogen-bond donors (Lipinski definition) is 1. The maximum absolute atomic E-state index is 11.5. The molecule has 0 fully saturated rings. The van der Waals surface area contributed by atoms with Gasteiger partial charge in [-0.25, -0.2) is 0 Å². The van der Waals surface area contributed by atoms with Crippen LogP contribution in [-0.4, -0.2) is 26.1 Å². The number of allylic oxidation sites excluding steroid dienone is 1. The third-order valence-corrected chi connectivity index (χ3v) is 4.96. The van der Waals surface area contributed by atoms with Gasteiger partial charge in [0, 0.05) is 24.7 Å². The lowest BCUT2D eigenvalue weighted by atomic mass is 9.96. The number of hydrazone groups is 1. The molecule has 0 atom stereocenters. The van der Waals surface area contributed by atoms with E-state index in [2.05, 4.69) is 27.9 Å². The number of thiophene rings is 1. The molecule has 1 N–H and O–H groups in total. The van der Waals surface area contributed by atoms with Gasteiger partial charge in [-0.15, -0.1) is 11.3 Å². The van der Waals surface area contributed by atoms with Gasteiger partial charge in [-0.1, -0.05) is 0 Å². The molecule has 2 aromatic rings. The molecule has 0 unspecified atom stereocenters. The Hall–Kier alpha value is -2.40. The van der Waals surface area contributed by atoms with Crippen LogP contribution in [0.2, 0.25) is 0 Å². The Kier molecular flexibility index (Phi) is 4.57. The molecule has 0 radical (unpaired) electrons. The summed E-state index contributed by atoms with van der Waals surface area (Å²) in [6.07, 6.45) is 4.77. The fourth-order valence-corrected chi connectivity index (χ4v) is 3.48. The number of benzene rings is 1. The van der Waals surface area contributed by atoms with E-state index >= 15 is 0 Å². The maximum Gasteiger partial charge on any atom is 0.170 e. The predicted molar refractivity (Wildman–Crippen MR) is 98.5 cm³/mol. The molecule has 1 aliphatic rings. The minimum Gasteiger partial charge on any atom is -0.388 e. The third-order valence-electron chi connectivity index (χ3n) is 3.96. The average molecular weight is 325 g/mol. The molecule has 1 aromatic heterocycles. The average Bonchev–Trinajstić information content (AvgIpc) is 3.07. The number of carbonyl (C=O) groups is 1. The first-order valence-corrected chi connectivity index (χ1v) is 8.42. The largest absolute Gasteiger partial charge is 0.388 e. The van der Waals surface area contributed by atoms with Crippen LogP contribution in [0.25, 0.3) is 6.08 Å². The van der Waals surface area contributed by atoms with E-state index in [4.69, 9.17) is 0 Å². The van der Waals surface area contributed by atoms with Gasteiger partial charge in [-0.3, -0.25) is 9.80 Å². The first kappa shape index (κ1) is 15.5. The van der Waals surface area contributed by atoms with Gasteiger partial charge in [0.2, 0.25) is 0 Å². The van der Waals surface area contributed by atoms with Crippen molar-refractivity contribution < 1.29 is 4.79 Å². The zero-order valence-electron chi connectivity index (χ0n) is 13.2. The van der Waals surface area contributed by atoms with Crippen molar-refractivity contribution in [3.63, 3.8) is 0 Å². The summed E-state index contributed by atoms with van der Waals surface area (Å²) in [5, 5.41) is 11.4. The fraction of sp³-hybridized carbons (Fsp3) is 0.222. The first-order chi connectivity index (χ1) is 11.2. The molecule has 0 saturated heterocycles. The number of fused-ring (bicyclic) bond motifs is 1. The highest BCUT2D eigenvalue weighted by Gasteiger charge is 2.16. The van der Waals surface area contributed by atoms with E-state index in [1.165, 1.54) is 10.4 Å². The number of aldehydes is 1. The second-order valence-electron chi connectivity index (χ2n) is 5.39. The summed E-state index contributed by atoms with van der Waals surface area (Å²) in [6.45, 7) is 0. The minimum atomic E-state index is 0.502. The number of rotatable bonds is 5. The summed E-state index contributed by atoms with van der Waals surface area (Å²) in [4.78, 5) is 12.9. The monoisotopic (exact) mass is 325 g/mol. The predicted octanol–water partition coefficient (Wildman–Crippen LogP) is 3.81. The van der Waals surface area contributed by atoms with Crippen LogP contribution in [0.15, 0.2) is 46.4 Å². The van der Waals surface area contributed by atoms with Gasteiger partial charge in [-0.2, -0.15) is 5.10 Å². The topological polar surface area (TPSA) is 44.7 Å². The molecule has 118 valence electrons. The fourth-order valence-electron chi connectivity index (χ4n) is 2.62. The van der Waals surface area contributed by atoms with Crippen molar-refractivity contribution in [1.82, 2.24) is 0 Å². The normalized spacial score (nSPS) is 14.0. The van der Waals surface area contributed by atoms with Gasteiger partial charge in [0.05, 0.1) is 5.69 Å². The van der Waals surface area contributed by atoms with Crippen LogP contribution in [0.1, 0.15) is 16.9 Å². The quantitative estimate of drug-likeness (QED) is 0.516. The molecule has 3 rings (SSSR count). The van der Waals surface area contributed by atoms with Crippen molar-refractivity contribution in [2.75, 3.05) is 24.4 Å². The summed E-state index contributed by atoms with van der Waals surface area (Å²) in [5.74, 6) is 0. The van der Waals surface area contributed by atoms with Crippen molar-refractivity contribution in [3.05, 3.63) is 51.7 Å². The number of hydrogen-bond acceptors (Lipinski definition) is 5. The van der Waals surface area contributed by atoms with Crippen LogP contribution in [0.3, 0.4) is 0 Å². The number of nitrogens with zero attached hydrogens (tertiary/aromatic N) is 2. The van der Waals surface area contributed by atoms with Gasteiger partial charge >= 0.3 is 0 Å². The molecular formula is C18H19N3OS. The van der Waals surface area contributed by atoms with Crippen molar-refractivity contribution in [2.24, 2.45) is 5.10 Å². The molecule has 23 heavy (non-hydrogen) atoms. The van der Waals surface area contributed by atoms with Crippen molar-refractivity contribution in [3.8, 4) is 0 Å². The molecule has 0 aliphatic heterocycles. The smallest absolute Gasteiger partial charge is 0.170 e. The van der Waals surface area contributed by atoms with Crippen molar-refractivity contribution in [1.29, 1.82) is 0 Å². The molecule has 1 heterocycles. The van der Waals surface area contributed by atoms with E-state index in [1.54, 1.807) is 16.3 Å². The Morgan fingerprint density at radius 1 is 1.26 bits per heavy atom. The lowest BCUT2D eigenvalue weighted by Gasteiger charge is -2.17. The highest BCUT2D eigenvalue weighted by molar-refractivity contribution is 7.10. The molecule has 0 saturated carbocycles. The van der Waals surface area contributed by atoms with E-state index in [9.17, 15) is 4.79 Å². The zero-order chi connectivity index (χ0) is 16.2. The molecule has 1 aliphatic carbocycles. The maximum atomic E-state index is 11.5. The van der Waals surface area contributed by atoms with Gasteiger partial charge in [0.25, 0.3) is 0 Å². The molecular weight excluding hydrogens is 306 g/mol. The summed E-state index contributed by atoms with van der Waals surface area (Å²) < 4.78 is 0. The van der Waals surface area contributed by atoms with Crippen LogP contribution in [0.5, 0.6) is 0 Å². The number of nitrogens with one attached hydrogen (secondary N) is 1. The summed E-state index contributed by atoms with van der Waals surface area (Å²) in [7, 11) is 3.74. The van der Waals surface area contributed by atoms with Gasteiger partial charge in [0.15, 0.2) is 6.29 Å². The lowest BCUT2D eigenvalue weighted by molar-refractivity contribution is -0.102. The molecule has 1 aromatic carbocycles. The van der Waals surface area contributed by atoms with Crippen LogP contribution < -0.4 is 10.3 Å². The van der Waals surface area contributed by atoms with Crippen molar-refractivity contribution in [2.45, 2.75) is 12.8 Å². The first-order valence-electron chi connectivity index (χ1n) is 7.54. The molecule has 5 heteroatoms. The number of anilines is 2. The second-order valence-corrected chi connectivity index (χ2v) is 6.39. The van der Waals surface area contributed by atoms with Crippen molar-refractivity contribution >= 4 is 40.8 Å². The van der Waals surface area contributed by atoms with E-state index in [1.807, 2.05) is 38.4 Å². The van der Waals surface area contributed by atoms with Crippen LogP contribution in [0, 0.1) is 0 Å². The van der Waals surface area contributed by atoms with E-state index in [0.717, 1.165) is 36.1 Å². The lowest BCUT2D eigenvalue weighted by Crippen LogP contribution is -2.17. The number of carbonyl (C=O) groups excluding carboxylic acids is 1. The highest BCUT2D eigenvalue weighted by atomic mass is 32.1. The SMILES string of the molecule is CNc1ccc(N(C)/N=C(/C=O)C2=Cc3ccsc3CC2)cc1. The molecule has 0 amide bonds. The second kappa shape index (κ2) is 6.79. The molecule has 4 nitrogen and oxygen atoms in total. The summed E-state index contributed by atoms with van der Waals surface area (Å²) in [5.41, 5.74) is 4.70. The molecule has 0 bridgehead atoms. The van der Waals surface area contributed by atoms with Crippen LogP contribution in [-0.2, 0) is 11.2 Å². The van der Waals surface area contributed by atoms with Gasteiger partial charge in [-0.05, 0) is 65.8 Å². The van der Waals surface area contributed by atoms with Crippen LogP contribution >= 0.6 is 11.3 Å². The third kappa shape index (κ3) is 3.35. The Labute approximate surface area is 140 Å². The minimum absolute atomic E-state index is 0.502. The Morgan fingerprint density at radius 3 is 2.74 bits per heavy atom. The molecule has 0 spiro atoms. The Bertz CT molecular complexity index is 759. The number of aryl methyl sites for hydroxylation is 1. The van der Waals surface area contributed by atoms with E-state index in [0.29, 0.717) is 5.71 Å². The highest BCUT2D eigenvalue weighted by Crippen LogP contribution is 2.28. The van der Waals surface area contributed by atoms with Gasteiger partial charge < -0.3 is 5.32 Å². The van der Waals surface area contributed by atoms with E-state index < -0.39 is 0 Å². The zero-order valence-corrected chi connectivity index (χ0v) is 14.1.